The molecule has 1 unspecified atom stereocenters. The van der Waals surface area contributed by atoms with Crippen molar-refractivity contribution in [2.24, 2.45) is 0 Å². The van der Waals surface area contributed by atoms with Crippen LogP contribution in [0.5, 0.6) is 5.75 Å². The molecule has 0 saturated carbocycles. The summed E-state index contributed by atoms with van der Waals surface area (Å²) in [5.41, 5.74) is 1.70. The van der Waals surface area contributed by atoms with Gasteiger partial charge in [-0.05, 0) is 49.7 Å². The molecule has 1 aliphatic heterocycles. The van der Waals surface area contributed by atoms with Crippen LogP contribution in [0.2, 0.25) is 0 Å². The quantitative estimate of drug-likeness (QED) is 0.886. The number of carbonyl (C=O) groups is 1. The summed E-state index contributed by atoms with van der Waals surface area (Å²) < 4.78 is 32.6. The van der Waals surface area contributed by atoms with Crippen LogP contribution in [0.15, 0.2) is 53.4 Å². The third-order valence-electron chi connectivity index (χ3n) is 4.22. The van der Waals surface area contributed by atoms with Gasteiger partial charge in [0, 0.05) is 12.2 Å². The fourth-order valence-corrected chi connectivity index (χ4v) is 4.00. The Hall–Kier alpha value is -2.38. The van der Waals surface area contributed by atoms with Crippen molar-refractivity contribution < 1.29 is 17.9 Å². The Morgan fingerprint density at radius 3 is 2.32 bits per heavy atom. The van der Waals surface area contributed by atoms with Crippen LogP contribution >= 0.6 is 0 Å². The summed E-state index contributed by atoms with van der Waals surface area (Å²) in [6.45, 7) is 2.35. The summed E-state index contributed by atoms with van der Waals surface area (Å²) in [5, 5.41) is 0. The summed E-state index contributed by atoms with van der Waals surface area (Å²) >= 11 is 0. The molecule has 0 bridgehead atoms. The van der Waals surface area contributed by atoms with Gasteiger partial charge in [-0.15, -0.1) is 0 Å². The Kier molecular flexibility index (Phi) is 4.78. The number of nitrogens with zero attached hydrogens (tertiary/aromatic N) is 1. The second kappa shape index (κ2) is 6.85. The van der Waals surface area contributed by atoms with E-state index < -0.39 is 16.1 Å². The van der Waals surface area contributed by atoms with Crippen molar-refractivity contribution >= 4 is 21.6 Å². The van der Waals surface area contributed by atoms with Crippen molar-refractivity contribution in [1.29, 1.82) is 0 Å². The van der Waals surface area contributed by atoms with Crippen LogP contribution < -0.4 is 14.4 Å². The molecule has 25 heavy (non-hydrogen) atoms. The number of hydrogen-bond donors (Lipinski definition) is 1. The van der Waals surface area contributed by atoms with Gasteiger partial charge >= 0.3 is 0 Å². The minimum absolute atomic E-state index is 0.161. The van der Waals surface area contributed by atoms with Crippen molar-refractivity contribution in [3.05, 3.63) is 54.1 Å². The number of anilines is 1. The molecule has 1 aliphatic rings. The van der Waals surface area contributed by atoms with E-state index in [2.05, 4.69) is 4.72 Å². The molecule has 1 saturated heterocycles. The maximum atomic E-state index is 12.6. The molecule has 0 aliphatic carbocycles. The Bertz CT molecular complexity index is 861. The van der Waals surface area contributed by atoms with Crippen molar-refractivity contribution in [2.45, 2.75) is 24.3 Å². The van der Waals surface area contributed by atoms with Crippen molar-refractivity contribution in [1.82, 2.24) is 4.72 Å². The zero-order valence-electron chi connectivity index (χ0n) is 14.1. The predicted molar refractivity (Wildman–Crippen MR) is 95.3 cm³/mol. The van der Waals surface area contributed by atoms with E-state index in [1.807, 2.05) is 6.92 Å². The Balaban J connectivity index is 1.74. The molecule has 2 aromatic carbocycles. The van der Waals surface area contributed by atoms with Crippen LogP contribution in [-0.4, -0.2) is 34.0 Å². The zero-order chi connectivity index (χ0) is 18.0. The van der Waals surface area contributed by atoms with E-state index in [0.717, 1.165) is 11.3 Å². The lowest BCUT2D eigenvalue weighted by Crippen LogP contribution is -2.41. The van der Waals surface area contributed by atoms with E-state index in [1.165, 1.54) is 0 Å². The molecule has 1 heterocycles. The van der Waals surface area contributed by atoms with Gasteiger partial charge in [0.15, 0.2) is 0 Å². The lowest BCUT2D eigenvalue weighted by atomic mass is 10.2. The summed E-state index contributed by atoms with van der Waals surface area (Å²) in [7, 11) is -2.15. The molecule has 1 amide bonds. The van der Waals surface area contributed by atoms with E-state index in [1.54, 1.807) is 60.5 Å². The van der Waals surface area contributed by atoms with Gasteiger partial charge in [0.05, 0.1) is 12.0 Å². The highest BCUT2D eigenvalue weighted by Gasteiger charge is 2.35. The maximum absolute atomic E-state index is 12.6. The summed E-state index contributed by atoms with van der Waals surface area (Å²) in [6, 6.07) is 12.9. The summed E-state index contributed by atoms with van der Waals surface area (Å²) in [4.78, 5) is 14.3. The van der Waals surface area contributed by atoms with Crippen LogP contribution in [0.3, 0.4) is 0 Å². The highest BCUT2D eigenvalue weighted by molar-refractivity contribution is 7.89. The van der Waals surface area contributed by atoms with E-state index in [0.29, 0.717) is 18.7 Å². The normalized spacial score (nSPS) is 17.8. The predicted octanol–water partition coefficient (Wildman–Crippen LogP) is 2.09. The second-order valence-corrected chi connectivity index (χ2v) is 7.68. The summed E-state index contributed by atoms with van der Waals surface area (Å²) in [6.07, 6.45) is 0.427. The molecule has 2 aromatic rings. The van der Waals surface area contributed by atoms with Gasteiger partial charge < -0.3 is 9.64 Å². The molecule has 1 fully saturated rings. The molecule has 3 rings (SSSR count). The number of nitrogens with one attached hydrogen (secondary N) is 1. The Morgan fingerprint density at radius 2 is 1.72 bits per heavy atom. The first-order chi connectivity index (χ1) is 11.9. The molecule has 7 heteroatoms. The number of hydrogen-bond acceptors (Lipinski definition) is 4. The third-order valence-corrected chi connectivity index (χ3v) is 5.71. The first kappa shape index (κ1) is 17.4. The SMILES string of the molecule is COc1ccc(N2CCC(NS(=O)(=O)c3ccc(C)cc3)C2=O)cc1. The topological polar surface area (TPSA) is 75.7 Å². The molecule has 0 spiro atoms. The van der Waals surface area contributed by atoms with Crippen LogP contribution in [0.25, 0.3) is 0 Å². The maximum Gasteiger partial charge on any atom is 0.245 e. The molecular formula is C18H20N2O4S. The van der Waals surface area contributed by atoms with Gasteiger partial charge in [-0.3, -0.25) is 4.79 Å². The highest BCUT2D eigenvalue weighted by Crippen LogP contribution is 2.25. The monoisotopic (exact) mass is 360 g/mol. The highest BCUT2D eigenvalue weighted by atomic mass is 32.2. The molecule has 0 aromatic heterocycles. The smallest absolute Gasteiger partial charge is 0.245 e. The second-order valence-electron chi connectivity index (χ2n) is 5.96. The lowest BCUT2D eigenvalue weighted by molar-refractivity contribution is -0.118. The van der Waals surface area contributed by atoms with Crippen molar-refractivity contribution in [3.63, 3.8) is 0 Å². The molecule has 1 N–H and O–H groups in total. The number of amides is 1. The first-order valence-electron chi connectivity index (χ1n) is 7.95. The molecular weight excluding hydrogens is 340 g/mol. The van der Waals surface area contributed by atoms with Crippen molar-refractivity contribution in [3.8, 4) is 5.75 Å². The number of methoxy groups -OCH3 is 1. The standard InChI is InChI=1S/C18H20N2O4S/c1-13-3-9-16(10-4-13)25(22,23)19-17-11-12-20(18(17)21)14-5-7-15(24-2)8-6-14/h3-10,17,19H,11-12H2,1-2H3. The molecule has 1 atom stereocenters. The molecule has 132 valence electrons. The van der Waals surface area contributed by atoms with Crippen LogP contribution in [0.1, 0.15) is 12.0 Å². The van der Waals surface area contributed by atoms with Gasteiger partial charge in [-0.1, -0.05) is 17.7 Å². The van der Waals surface area contributed by atoms with Gasteiger partial charge in [0.2, 0.25) is 15.9 Å². The average molecular weight is 360 g/mol. The first-order valence-corrected chi connectivity index (χ1v) is 9.43. The van der Waals surface area contributed by atoms with E-state index in [-0.39, 0.29) is 10.8 Å². The van der Waals surface area contributed by atoms with Gasteiger partial charge in [-0.25, -0.2) is 8.42 Å². The molecule has 0 radical (unpaired) electrons. The number of carbonyl (C=O) groups excluding carboxylic acids is 1. The van der Waals surface area contributed by atoms with Gasteiger partial charge in [-0.2, -0.15) is 4.72 Å². The largest absolute Gasteiger partial charge is 0.497 e. The van der Waals surface area contributed by atoms with Crippen LogP contribution in [-0.2, 0) is 14.8 Å². The average Bonchev–Trinajstić information content (AvgIpc) is 2.95. The summed E-state index contributed by atoms with van der Waals surface area (Å²) in [5.74, 6) is 0.452. The fourth-order valence-electron chi connectivity index (χ4n) is 2.78. The Labute approximate surface area is 147 Å². The van der Waals surface area contributed by atoms with E-state index in [4.69, 9.17) is 4.74 Å². The third kappa shape index (κ3) is 3.67. The fraction of sp³-hybridized carbons (Fsp3) is 0.278. The number of aryl methyl sites for hydroxylation is 1. The lowest BCUT2D eigenvalue weighted by Gasteiger charge is -2.17. The van der Waals surface area contributed by atoms with Gasteiger partial charge in [0.1, 0.15) is 11.8 Å². The van der Waals surface area contributed by atoms with Gasteiger partial charge in [0.25, 0.3) is 0 Å². The van der Waals surface area contributed by atoms with Crippen LogP contribution in [0.4, 0.5) is 5.69 Å². The number of ether oxygens (including phenoxy) is 1. The number of benzene rings is 2. The zero-order valence-corrected chi connectivity index (χ0v) is 14.9. The Morgan fingerprint density at radius 1 is 1.08 bits per heavy atom. The van der Waals surface area contributed by atoms with Crippen molar-refractivity contribution in [2.75, 3.05) is 18.6 Å². The molecule has 6 nitrogen and oxygen atoms in total. The minimum atomic E-state index is -3.73. The van der Waals surface area contributed by atoms with E-state index in [9.17, 15) is 13.2 Å². The van der Waals surface area contributed by atoms with Crippen LogP contribution in [0, 0.1) is 6.92 Å². The minimum Gasteiger partial charge on any atom is -0.497 e. The van der Waals surface area contributed by atoms with E-state index >= 15 is 0 Å². The number of rotatable bonds is 5. The number of sulfonamides is 1.